The SMILES string of the molecule is Cc1ccc2[nH]c(=O)c(CN(C(=O)C(C)C)c3ccccc3)cc2c1. The first-order valence-corrected chi connectivity index (χ1v) is 8.44. The number of hydrogen-bond acceptors (Lipinski definition) is 2. The van der Waals surface area contributed by atoms with Gasteiger partial charge in [-0.2, -0.15) is 0 Å². The second kappa shape index (κ2) is 6.93. The van der Waals surface area contributed by atoms with Crippen LogP contribution in [0.3, 0.4) is 0 Å². The first-order valence-electron chi connectivity index (χ1n) is 8.44. The molecule has 1 amide bonds. The predicted octanol–water partition coefficient (Wildman–Crippen LogP) is 4.03. The summed E-state index contributed by atoms with van der Waals surface area (Å²) in [5.41, 5.74) is 3.15. The zero-order chi connectivity index (χ0) is 18.0. The van der Waals surface area contributed by atoms with Gasteiger partial charge in [0.1, 0.15) is 0 Å². The molecule has 1 heterocycles. The lowest BCUT2D eigenvalue weighted by Crippen LogP contribution is -2.35. The molecule has 1 N–H and O–H groups in total. The van der Waals surface area contributed by atoms with Crippen molar-refractivity contribution in [3.05, 3.63) is 76.1 Å². The fraction of sp³-hybridized carbons (Fsp3) is 0.238. The van der Waals surface area contributed by atoms with Crippen molar-refractivity contribution < 1.29 is 4.79 Å². The predicted molar refractivity (Wildman–Crippen MR) is 102 cm³/mol. The maximum atomic E-state index is 12.7. The van der Waals surface area contributed by atoms with Gasteiger partial charge >= 0.3 is 0 Å². The molecule has 0 aliphatic rings. The van der Waals surface area contributed by atoms with Crippen LogP contribution < -0.4 is 10.5 Å². The number of amides is 1. The summed E-state index contributed by atoms with van der Waals surface area (Å²) in [6.07, 6.45) is 0. The van der Waals surface area contributed by atoms with Crippen LogP contribution in [0.2, 0.25) is 0 Å². The second-order valence-corrected chi connectivity index (χ2v) is 6.63. The molecule has 25 heavy (non-hydrogen) atoms. The number of pyridine rings is 1. The zero-order valence-corrected chi connectivity index (χ0v) is 14.7. The molecule has 0 radical (unpaired) electrons. The van der Waals surface area contributed by atoms with Crippen molar-refractivity contribution in [2.24, 2.45) is 5.92 Å². The van der Waals surface area contributed by atoms with Crippen molar-refractivity contribution in [3.63, 3.8) is 0 Å². The molecule has 0 fully saturated rings. The molecular formula is C21H22N2O2. The number of aryl methyl sites for hydroxylation is 1. The number of fused-ring (bicyclic) bond motifs is 1. The fourth-order valence-corrected chi connectivity index (χ4v) is 2.88. The van der Waals surface area contributed by atoms with E-state index in [1.165, 1.54) is 0 Å². The van der Waals surface area contributed by atoms with Crippen LogP contribution in [-0.4, -0.2) is 10.9 Å². The Morgan fingerprint density at radius 2 is 1.80 bits per heavy atom. The van der Waals surface area contributed by atoms with Crippen molar-refractivity contribution >= 4 is 22.5 Å². The van der Waals surface area contributed by atoms with E-state index in [1.807, 2.05) is 75.4 Å². The van der Waals surface area contributed by atoms with Crippen LogP contribution >= 0.6 is 0 Å². The van der Waals surface area contributed by atoms with E-state index < -0.39 is 0 Å². The van der Waals surface area contributed by atoms with Crippen LogP contribution in [0.4, 0.5) is 5.69 Å². The monoisotopic (exact) mass is 334 g/mol. The topological polar surface area (TPSA) is 53.2 Å². The Bertz CT molecular complexity index is 959. The van der Waals surface area contributed by atoms with E-state index in [-0.39, 0.29) is 23.9 Å². The number of anilines is 1. The van der Waals surface area contributed by atoms with Crippen molar-refractivity contribution in [1.82, 2.24) is 4.98 Å². The molecule has 0 saturated heterocycles. The summed E-state index contributed by atoms with van der Waals surface area (Å²) in [7, 11) is 0. The third-order valence-electron chi connectivity index (χ3n) is 4.23. The molecule has 3 aromatic rings. The van der Waals surface area contributed by atoms with Crippen LogP contribution in [0.25, 0.3) is 10.9 Å². The Hall–Kier alpha value is -2.88. The molecule has 128 valence electrons. The Balaban J connectivity index is 2.05. The second-order valence-electron chi connectivity index (χ2n) is 6.63. The van der Waals surface area contributed by atoms with Crippen LogP contribution in [0.1, 0.15) is 25.0 Å². The van der Waals surface area contributed by atoms with E-state index >= 15 is 0 Å². The number of hydrogen-bond donors (Lipinski definition) is 1. The molecule has 4 heteroatoms. The van der Waals surface area contributed by atoms with Gasteiger partial charge in [0.05, 0.1) is 6.54 Å². The van der Waals surface area contributed by atoms with E-state index in [0.29, 0.717) is 5.56 Å². The van der Waals surface area contributed by atoms with Crippen LogP contribution in [-0.2, 0) is 11.3 Å². The molecule has 2 aromatic carbocycles. The van der Waals surface area contributed by atoms with E-state index in [0.717, 1.165) is 22.2 Å². The van der Waals surface area contributed by atoms with Gasteiger partial charge in [0.15, 0.2) is 0 Å². The summed E-state index contributed by atoms with van der Waals surface area (Å²) >= 11 is 0. The van der Waals surface area contributed by atoms with Crippen molar-refractivity contribution in [3.8, 4) is 0 Å². The number of aromatic amines is 1. The van der Waals surface area contributed by atoms with E-state index in [4.69, 9.17) is 0 Å². The molecule has 0 saturated carbocycles. The maximum absolute atomic E-state index is 12.7. The number of nitrogens with zero attached hydrogens (tertiary/aromatic N) is 1. The normalized spacial score (nSPS) is 11.0. The van der Waals surface area contributed by atoms with Gasteiger partial charge in [-0.05, 0) is 42.6 Å². The van der Waals surface area contributed by atoms with Gasteiger partial charge in [-0.1, -0.05) is 43.7 Å². The first kappa shape index (κ1) is 17.0. The minimum atomic E-state index is -0.158. The number of aromatic nitrogens is 1. The number of rotatable bonds is 4. The molecule has 0 unspecified atom stereocenters. The number of carbonyl (C=O) groups excluding carboxylic acids is 1. The van der Waals surface area contributed by atoms with Crippen molar-refractivity contribution in [2.45, 2.75) is 27.3 Å². The average Bonchev–Trinajstić information content (AvgIpc) is 2.60. The van der Waals surface area contributed by atoms with Gasteiger partial charge in [0.25, 0.3) is 5.56 Å². The third-order valence-corrected chi connectivity index (χ3v) is 4.23. The Labute approximate surface area is 147 Å². The molecule has 0 aliphatic carbocycles. The summed E-state index contributed by atoms with van der Waals surface area (Å²) in [4.78, 5) is 29.8. The lowest BCUT2D eigenvalue weighted by atomic mass is 10.1. The molecule has 0 aliphatic heterocycles. The van der Waals surface area contributed by atoms with Gasteiger partial charge < -0.3 is 9.88 Å². The van der Waals surface area contributed by atoms with Gasteiger partial charge in [-0.3, -0.25) is 9.59 Å². The molecule has 3 rings (SSSR count). The van der Waals surface area contributed by atoms with Gasteiger partial charge in [0, 0.05) is 22.7 Å². The van der Waals surface area contributed by atoms with E-state index in [1.54, 1.807) is 4.90 Å². The largest absolute Gasteiger partial charge is 0.322 e. The maximum Gasteiger partial charge on any atom is 0.253 e. The summed E-state index contributed by atoms with van der Waals surface area (Å²) in [5.74, 6) is -0.156. The number of nitrogens with one attached hydrogen (secondary N) is 1. The zero-order valence-electron chi connectivity index (χ0n) is 14.7. The summed E-state index contributed by atoms with van der Waals surface area (Å²) in [6.45, 7) is 6.00. The summed E-state index contributed by atoms with van der Waals surface area (Å²) in [6, 6.07) is 17.3. The number of benzene rings is 2. The van der Waals surface area contributed by atoms with Crippen molar-refractivity contribution in [1.29, 1.82) is 0 Å². The molecule has 0 spiro atoms. The molecule has 0 atom stereocenters. The number of H-pyrrole nitrogens is 1. The summed E-state index contributed by atoms with van der Waals surface area (Å²) in [5, 5.41) is 0.972. The van der Waals surface area contributed by atoms with Crippen molar-refractivity contribution in [2.75, 3.05) is 4.90 Å². The third kappa shape index (κ3) is 3.63. The Morgan fingerprint density at radius 3 is 2.48 bits per heavy atom. The highest BCUT2D eigenvalue weighted by atomic mass is 16.2. The average molecular weight is 334 g/mol. The highest BCUT2D eigenvalue weighted by Crippen LogP contribution is 2.20. The van der Waals surface area contributed by atoms with Gasteiger partial charge in [-0.25, -0.2) is 0 Å². The molecule has 4 nitrogen and oxygen atoms in total. The summed E-state index contributed by atoms with van der Waals surface area (Å²) < 4.78 is 0. The molecular weight excluding hydrogens is 312 g/mol. The lowest BCUT2D eigenvalue weighted by molar-refractivity contribution is -0.121. The minimum absolute atomic E-state index is 0.00469. The Kier molecular flexibility index (Phi) is 4.70. The van der Waals surface area contributed by atoms with Gasteiger partial charge in [0.2, 0.25) is 5.91 Å². The smallest absolute Gasteiger partial charge is 0.253 e. The van der Waals surface area contributed by atoms with E-state index in [2.05, 4.69) is 4.98 Å². The molecule has 1 aromatic heterocycles. The quantitative estimate of drug-likeness (QED) is 0.783. The minimum Gasteiger partial charge on any atom is -0.322 e. The van der Waals surface area contributed by atoms with Crippen LogP contribution in [0, 0.1) is 12.8 Å². The van der Waals surface area contributed by atoms with Crippen LogP contribution in [0.15, 0.2) is 59.4 Å². The number of para-hydroxylation sites is 1. The standard InChI is InChI=1S/C21H22N2O2/c1-14(2)21(25)23(18-7-5-4-6-8-18)13-17-12-16-11-15(3)9-10-19(16)22-20(17)24/h4-12,14H,13H2,1-3H3,(H,22,24). The van der Waals surface area contributed by atoms with Crippen LogP contribution in [0.5, 0.6) is 0 Å². The van der Waals surface area contributed by atoms with E-state index in [9.17, 15) is 9.59 Å². The Morgan fingerprint density at radius 1 is 1.08 bits per heavy atom. The fourth-order valence-electron chi connectivity index (χ4n) is 2.88. The number of carbonyl (C=O) groups is 1. The van der Waals surface area contributed by atoms with Gasteiger partial charge in [-0.15, -0.1) is 0 Å². The first-order chi connectivity index (χ1) is 12.0. The molecule has 0 bridgehead atoms. The highest BCUT2D eigenvalue weighted by Gasteiger charge is 2.20. The lowest BCUT2D eigenvalue weighted by Gasteiger charge is -2.24. The highest BCUT2D eigenvalue weighted by molar-refractivity contribution is 5.94.